The van der Waals surface area contributed by atoms with E-state index in [1.54, 1.807) is 18.9 Å². The summed E-state index contributed by atoms with van der Waals surface area (Å²) in [7, 11) is 3.35. The van der Waals surface area contributed by atoms with Crippen LogP contribution in [0.4, 0.5) is 10.1 Å². The first-order valence-corrected chi connectivity index (χ1v) is 10.3. The fourth-order valence-corrected chi connectivity index (χ4v) is 4.02. The average molecular weight is 426 g/mol. The van der Waals surface area contributed by atoms with E-state index in [0.717, 1.165) is 49.0 Å². The zero-order valence-corrected chi connectivity index (χ0v) is 17.8. The van der Waals surface area contributed by atoms with Crippen molar-refractivity contribution in [3.8, 4) is 5.75 Å². The van der Waals surface area contributed by atoms with E-state index in [9.17, 15) is 4.39 Å². The van der Waals surface area contributed by atoms with Crippen LogP contribution in [0, 0.1) is 5.82 Å². The Morgan fingerprint density at radius 2 is 1.74 bits per heavy atom. The quantitative estimate of drug-likeness (QED) is 0.548. The molecule has 31 heavy (non-hydrogen) atoms. The second-order valence-corrected chi connectivity index (χ2v) is 7.40. The van der Waals surface area contributed by atoms with E-state index < -0.39 is 0 Å². The second-order valence-electron chi connectivity index (χ2n) is 7.40. The smallest absolute Gasteiger partial charge is 0.173 e. The number of tetrazole rings is 1. The largest absolute Gasteiger partial charge is 0.495 e. The Hall–Kier alpha value is -3.04. The lowest BCUT2D eigenvalue weighted by atomic mass is 10.0. The van der Waals surface area contributed by atoms with E-state index in [4.69, 9.17) is 9.47 Å². The van der Waals surface area contributed by atoms with Gasteiger partial charge < -0.3 is 14.4 Å². The second kappa shape index (κ2) is 9.84. The van der Waals surface area contributed by atoms with Gasteiger partial charge in [-0.25, -0.2) is 9.07 Å². The fourth-order valence-electron chi connectivity index (χ4n) is 4.02. The van der Waals surface area contributed by atoms with Gasteiger partial charge in [0.2, 0.25) is 0 Å². The normalized spacial score (nSPS) is 15.8. The van der Waals surface area contributed by atoms with Crippen molar-refractivity contribution in [2.45, 2.75) is 12.6 Å². The number of nitrogens with zero attached hydrogens (tertiary/aromatic N) is 6. The van der Waals surface area contributed by atoms with E-state index in [2.05, 4.69) is 31.4 Å². The summed E-state index contributed by atoms with van der Waals surface area (Å²) in [6.45, 7) is 4.33. The van der Waals surface area contributed by atoms with Crippen molar-refractivity contribution in [1.82, 2.24) is 25.1 Å². The highest BCUT2D eigenvalue weighted by atomic mass is 19.1. The van der Waals surface area contributed by atoms with Crippen LogP contribution in [0.5, 0.6) is 5.75 Å². The van der Waals surface area contributed by atoms with Crippen LogP contribution < -0.4 is 9.64 Å². The molecular formula is C22H27FN6O2. The Morgan fingerprint density at radius 1 is 1.00 bits per heavy atom. The molecule has 3 aromatic rings. The van der Waals surface area contributed by atoms with Crippen LogP contribution in [-0.4, -0.2) is 72.1 Å². The molecule has 0 N–H and O–H groups in total. The molecule has 4 rings (SSSR count). The summed E-state index contributed by atoms with van der Waals surface area (Å²) in [5.74, 6) is 1.34. The summed E-state index contributed by atoms with van der Waals surface area (Å²) in [5, 5.41) is 12.4. The Labute approximate surface area is 181 Å². The van der Waals surface area contributed by atoms with E-state index in [1.807, 2.05) is 30.3 Å². The van der Waals surface area contributed by atoms with Crippen molar-refractivity contribution in [1.29, 1.82) is 0 Å². The number of piperazine rings is 1. The van der Waals surface area contributed by atoms with Gasteiger partial charge in [0.15, 0.2) is 5.82 Å². The number of aromatic nitrogens is 4. The molecule has 0 amide bonds. The number of hydrogen-bond acceptors (Lipinski definition) is 7. The highest BCUT2D eigenvalue weighted by Crippen LogP contribution is 2.32. The van der Waals surface area contributed by atoms with Gasteiger partial charge in [-0.05, 0) is 40.3 Å². The number of halogens is 1. The van der Waals surface area contributed by atoms with Crippen LogP contribution in [0.15, 0.2) is 48.5 Å². The molecule has 0 bridgehead atoms. The third kappa shape index (κ3) is 4.67. The number of anilines is 1. The molecule has 2 heterocycles. The minimum absolute atomic E-state index is 0.174. The first kappa shape index (κ1) is 21.2. The van der Waals surface area contributed by atoms with Gasteiger partial charge in [0.05, 0.1) is 32.0 Å². The van der Waals surface area contributed by atoms with E-state index in [-0.39, 0.29) is 11.9 Å². The number of benzene rings is 2. The van der Waals surface area contributed by atoms with Crippen molar-refractivity contribution < 1.29 is 13.9 Å². The Bertz CT molecular complexity index is 972. The maximum Gasteiger partial charge on any atom is 0.173 e. The molecule has 0 unspecified atom stereocenters. The van der Waals surface area contributed by atoms with Crippen molar-refractivity contribution in [3.63, 3.8) is 0 Å². The van der Waals surface area contributed by atoms with Crippen molar-refractivity contribution >= 4 is 5.69 Å². The number of ether oxygens (including phenoxy) is 2. The van der Waals surface area contributed by atoms with Gasteiger partial charge in [-0.1, -0.05) is 24.3 Å². The lowest BCUT2D eigenvalue weighted by Gasteiger charge is -2.40. The van der Waals surface area contributed by atoms with Crippen LogP contribution in [0.1, 0.15) is 17.4 Å². The molecule has 1 fully saturated rings. The molecule has 0 radical (unpaired) electrons. The van der Waals surface area contributed by atoms with Crippen LogP contribution in [-0.2, 0) is 11.3 Å². The Kier molecular flexibility index (Phi) is 6.73. The van der Waals surface area contributed by atoms with Gasteiger partial charge in [0, 0.05) is 33.3 Å². The maximum atomic E-state index is 13.6. The minimum Gasteiger partial charge on any atom is -0.495 e. The van der Waals surface area contributed by atoms with Crippen molar-refractivity contribution in [3.05, 3.63) is 65.7 Å². The van der Waals surface area contributed by atoms with E-state index in [1.165, 1.54) is 12.1 Å². The predicted octanol–water partition coefficient (Wildman–Crippen LogP) is 2.38. The number of hydrogen-bond donors (Lipinski definition) is 0. The van der Waals surface area contributed by atoms with Crippen LogP contribution >= 0.6 is 0 Å². The Balaban J connectivity index is 1.58. The van der Waals surface area contributed by atoms with Crippen LogP contribution in [0.2, 0.25) is 0 Å². The van der Waals surface area contributed by atoms with Gasteiger partial charge in [-0.3, -0.25) is 4.90 Å². The van der Waals surface area contributed by atoms with E-state index in [0.29, 0.717) is 13.2 Å². The predicted molar refractivity (Wildman–Crippen MR) is 115 cm³/mol. The summed E-state index contributed by atoms with van der Waals surface area (Å²) in [5.41, 5.74) is 2.05. The first-order chi connectivity index (χ1) is 15.2. The molecule has 164 valence electrons. The van der Waals surface area contributed by atoms with Gasteiger partial charge in [0.1, 0.15) is 11.6 Å². The third-order valence-electron chi connectivity index (χ3n) is 5.60. The van der Waals surface area contributed by atoms with Gasteiger partial charge in [-0.2, -0.15) is 0 Å². The van der Waals surface area contributed by atoms with Gasteiger partial charge in [-0.15, -0.1) is 5.10 Å². The van der Waals surface area contributed by atoms with Gasteiger partial charge in [0.25, 0.3) is 0 Å². The molecular weight excluding hydrogens is 399 g/mol. The summed E-state index contributed by atoms with van der Waals surface area (Å²) in [6, 6.07) is 14.5. The molecule has 1 aromatic heterocycles. The summed E-state index contributed by atoms with van der Waals surface area (Å²) in [4.78, 5) is 4.67. The lowest BCUT2D eigenvalue weighted by molar-refractivity contribution is 0.171. The molecule has 1 atom stereocenters. The lowest BCUT2D eigenvalue weighted by Crippen LogP contribution is -2.48. The van der Waals surface area contributed by atoms with Crippen molar-refractivity contribution in [2.24, 2.45) is 0 Å². The SMILES string of the molecule is COCCn1nnnc1[C@@H](c1ccc(F)cc1)N1CCN(c2ccccc2OC)CC1. The van der Waals surface area contributed by atoms with Crippen molar-refractivity contribution in [2.75, 3.05) is 51.9 Å². The fraction of sp³-hybridized carbons (Fsp3) is 0.409. The Morgan fingerprint density at radius 3 is 2.45 bits per heavy atom. The third-order valence-corrected chi connectivity index (χ3v) is 5.60. The minimum atomic E-state index is -0.262. The van der Waals surface area contributed by atoms with Crippen LogP contribution in [0.25, 0.3) is 0 Å². The molecule has 1 aliphatic rings. The summed E-state index contributed by atoms with van der Waals surface area (Å²) >= 11 is 0. The molecule has 0 saturated carbocycles. The zero-order chi connectivity index (χ0) is 21.6. The van der Waals surface area contributed by atoms with Crippen LogP contribution in [0.3, 0.4) is 0 Å². The standard InChI is InChI=1S/C22H27FN6O2/c1-30-16-15-29-22(24-25-26-29)21(17-7-9-18(23)10-8-17)28-13-11-27(12-14-28)19-5-3-4-6-20(19)31-2/h3-10,21H,11-16H2,1-2H3/t21-/m1/s1. The van der Waals surface area contributed by atoms with E-state index >= 15 is 0 Å². The monoisotopic (exact) mass is 426 g/mol. The maximum absolute atomic E-state index is 13.6. The topological polar surface area (TPSA) is 68.5 Å². The van der Waals surface area contributed by atoms with Gasteiger partial charge >= 0.3 is 0 Å². The molecule has 1 aliphatic heterocycles. The molecule has 8 nitrogen and oxygen atoms in total. The number of para-hydroxylation sites is 2. The summed E-state index contributed by atoms with van der Waals surface area (Å²) in [6.07, 6.45) is 0. The first-order valence-electron chi connectivity index (χ1n) is 10.3. The molecule has 0 aliphatic carbocycles. The zero-order valence-electron chi connectivity index (χ0n) is 17.8. The number of rotatable bonds is 8. The number of methoxy groups -OCH3 is 2. The molecule has 9 heteroatoms. The summed E-state index contributed by atoms with van der Waals surface area (Å²) < 4.78 is 26.1. The highest BCUT2D eigenvalue weighted by molar-refractivity contribution is 5.58. The highest BCUT2D eigenvalue weighted by Gasteiger charge is 2.31. The molecule has 2 aromatic carbocycles. The molecule has 1 saturated heterocycles. The average Bonchev–Trinajstić information content (AvgIpc) is 3.27. The molecule has 0 spiro atoms.